The number of nitrogens with zero attached hydrogens (tertiary/aromatic N) is 2. The standard InChI is InChI=1S/C14H18ClN3O/c1-3-16-8-11-7-12(15)5-6-14(11)19-13-9-17-18(4-2)10-13/h5-7,9-10,16H,3-4,8H2,1-2H3. The van der Waals surface area contributed by atoms with E-state index >= 15 is 0 Å². The van der Waals surface area contributed by atoms with E-state index in [1.165, 1.54) is 0 Å². The van der Waals surface area contributed by atoms with Gasteiger partial charge in [-0.2, -0.15) is 5.10 Å². The fourth-order valence-electron chi connectivity index (χ4n) is 1.74. The summed E-state index contributed by atoms with van der Waals surface area (Å²) in [4.78, 5) is 0. The number of nitrogens with one attached hydrogen (secondary N) is 1. The van der Waals surface area contributed by atoms with Crippen LogP contribution >= 0.6 is 11.6 Å². The van der Waals surface area contributed by atoms with E-state index in [1.807, 2.05) is 36.0 Å². The maximum Gasteiger partial charge on any atom is 0.165 e. The molecule has 102 valence electrons. The third-order valence-electron chi connectivity index (χ3n) is 2.75. The summed E-state index contributed by atoms with van der Waals surface area (Å²) < 4.78 is 7.69. The van der Waals surface area contributed by atoms with Crippen molar-refractivity contribution < 1.29 is 4.74 Å². The molecule has 0 saturated heterocycles. The number of ether oxygens (including phenoxy) is 1. The Morgan fingerprint density at radius 1 is 1.37 bits per heavy atom. The van der Waals surface area contributed by atoms with Crippen LogP contribution in [0.5, 0.6) is 11.5 Å². The van der Waals surface area contributed by atoms with Crippen LogP contribution in [0.4, 0.5) is 0 Å². The summed E-state index contributed by atoms with van der Waals surface area (Å²) in [5.41, 5.74) is 1.04. The van der Waals surface area contributed by atoms with E-state index in [0.717, 1.165) is 36.7 Å². The van der Waals surface area contributed by atoms with E-state index in [0.29, 0.717) is 5.02 Å². The predicted molar refractivity (Wildman–Crippen MR) is 76.8 cm³/mol. The normalized spacial score (nSPS) is 10.7. The largest absolute Gasteiger partial charge is 0.454 e. The van der Waals surface area contributed by atoms with Crippen molar-refractivity contribution in [3.63, 3.8) is 0 Å². The number of aromatic nitrogens is 2. The third-order valence-corrected chi connectivity index (χ3v) is 2.98. The highest BCUT2D eigenvalue weighted by Crippen LogP contribution is 2.27. The average molecular weight is 280 g/mol. The second-order valence-electron chi connectivity index (χ2n) is 4.17. The maximum atomic E-state index is 6.03. The molecule has 0 aliphatic rings. The molecule has 0 aliphatic carbocycles. The molecule has 5 heteroatoms. The van der Waals surface area contributed by atoms with Gasteiger partial charge in [-0.05, 0) is 31.7 Å². The quantitative estimate of drug-likeness (QED) is 0.880. The van der Waals surface area contributed by atoms with Gasteiger partial charge in [0.15, 0.2) is 5.75 Å². The van der Waals surface area contributed by atoms with Crippen LogP contribution in [0.25, 0.3) is 0 Å². The van der Waals surface area contributed by atoms with Gasteiger partial charge in [0.25, 0.3) is 0 Å². The molecule has 0 saturated carbocycles. The Hall–Kier alpha value is -1.52. The molecule has 0 aliphatic heterocycles. The number of hydrogen-bond acceptors (Lipinski definition) is 3. The van der Waals surface area contributed by atoms with Gasteiger partial charge in [-0.15, -0.1) is 0 Å². The van der Waals surface area contributed by atoms with Crippen LogP contribution in [-0.4, -0.2) is 16.3 Å². The highest BCUT2D eigenvalue weighted by Gasteiger charge is 2.07. The van der Waals surface area contributed by atoms with Gasteiger partial charge < -0.3 is 10.1 Å². The molecule has 1 N–H and O–H groups in total. The lowest BCUT2D eigenvalue weighted by molar-refractivity contribution is 0.472. The van der Waals surface area contributed by atoms with Gasteiger partial charge in [0.05, 0.1) is 12.4 Å². The SMILES string of the molecule is CCNCc1cc(Cl)ccc1Oc1cnn(CC)c1. The van der Waals surface area contributed by atoms with Crippen LogP contribution in [0, 0.1) is 0 Å². The summed E-state index contributed by atoms with van der Waals surface area (Å²) in [6.07, 6.45) is 3.60. The first-order valence-corrected chi connectivity index (χ1v) is 6.80. The van der Waals surface area contributed by atoms with Gasteiger partial charge >= 0.3 is 0 Å². The maximum absolute atomic E-state index is 6.03. The van der Waals surface area contributed by atoms with Crippen molar-refractivity contribution >= 4 is 11.6 Å². The molecule has 19 heavy (non-hydrogen) atoms. The second kappa shape index (κ2) is 6.59. The molecule has 1 aromatic carbocycles. The minimum Gasteiger partial charge on any atom is -0.454 e. The summed E-state index contributed by atoms with van der Waals surface area (Å²) in [6, 6.07) is 5.64. The first-order valence-electron chi connectivity index (χ1n) is 6.42. The number of aryl methyl sites for hydroxylation is 1. The third kappa shape index (κ3) is 3.72. The first kappa shape index (κ1) is 13.9. The lowest BCUT2D eigenvalue weighted by atomic mass is 10.2. The van der Waals surface area contributed by atoms with Crippen LogP contribution in [0.1, 0.15) is 19.4 Å². The van der Waals surface area contributed by atoms with Crippen molar-refractivity contribution in [3.8, 4) is 11.5 Å². The Labute approximate surface area is 118 Å². The van der Waals surface area contributed by atoms with E-state index < -0.39 is 0 Å². The fraction of sp³-hybridized carbons (Fsp3) is 0.357. The van der Waals surface area contributed by atoms with Gasteiger partial charge in [0.2, 0.25) is 0 Å². The molecule has 0 amide bonds. The van der Waals surface area contributed by atoms with Crippen molar-refractivity contribution in [2.24, 2.45) is 0 Å². The summed E-state index contributed by atoms with van der Waals surface area (Å²) >= 11 is 6.03. The summed E-state index contributed by atoms with van der Waals surface area (Å²) in [5.74, 6) is 1.54. The first-order chi connectivity index (χ1) is 9.22. The van der Waals surface area contributed by atoms with Crippen molar-refractivity contribution in [1.29, 1.82) is 0 Å². The van der Waals surface area contributed by atoms with Crippen LogP contribution in [0.3, 0.4) is 0 Å². The molecule has 0 bridgehead atoms. The zero-order valence-corrected chi connectivity index (χ0v) is 11.9. The molecular formula is C14H18ClN3O. The van der Waals surface area contributed by atoms with Crippen molar-refractivity contribution in [3.05, 3.63) is 41.2 Å². The minimum absolute atomic E-state index is 0.713. The van der Waals surface area contributed by atoms with Crippen molar-refractivity contribution in [2.45, 2.75) is 26.9 Å². The highest BCUT2D eigenvalue weighted by atomic mass is 35.5. The van der Waals surface area contributed by atoms with Crippen LogP contribution in [0.15, 0.2) is 30.6 Å². The molecule has 2 aromatic rings. The summed E-state index contributed by atoms with van der Waals surface area (Å²) in [7, 11) is 0. The van der Waals surface area contributed by atoms with Gasteiger partial charge in [0.1, 0.15) is 5.75 Å². The molecule has 4 nitrogen and oxygen atoms in total. The molecule has 0 unspecified atom stereocenters. The second-order valence-corrected chi connectivity index (χ2v) is 4.60. The molecule has 0 fully saturated rings. The summed E-state index contributed by atoms with van der Waals surface area (Å²) in [6.45, 7) is 6.56. The molecule has 1 heterocycles. The van der Waals surface area contributed by atoms with E-state index in [-0.39, 0.29) is 0 Å². The van der Waals surface area contributed by atoms with E-state index in [1.54, 1.807) is 6.20 Å². The van der Waals surface area contributed by atoms with Gasteiger partial charge in [-0.1, -0.05) is 18.5 Å². The molecule has 0 spiro atoms. The Morgan fingerprint density at radius 2 is 2.21 bits per heavy atom. The van der Waals surface area contributed by atoms with Crippen molar-refractivity contribution in [1.82, 2.24) is 15.1 Å². The van der Waals surface area contributed by atoms with E-state index in [9.17, 15) is 0 Å². The van der Waals surface area contributed by atoms with Gasteiger partial charge in [0, 0.05) is 23.7 Å². The Balaban J connectivity index is 2.18. The number of rotatable bonds is 6. The topological polar surface area (TPSA) is 39.1 Å². The number of halogens is 1. The van der Waals surface area contributed by atoms with Crippen LogP contribution in [0.2, 0.25) is 5.02 Å². The minimum atomic E-state index is 0.713. The Bertz CT molecular complexity index is 539. The van der Waals surface area contributed by atoms with E-state index in [2.05, 4.69) is 17.3 Å². The average Bonchev–Trinajstić information content (AvgIpc) is 2.86. The van der Waals surface area contributed by atoms with E-state index in [4.69, 9.17) is 16.3 Å². The van der Waals surface area contributed by atoms with Crippen molar-refractivity contribution in [2.75, 3.05) is 6.54 Å². The molecule has 0 radical (unpaired) electrons. The zero-order chi connectivity index (χ0) is 13.7. The lowest BCUT2D eigenvalue weighted by Crippen LogP contribution is -2.12. The smallest absolute Gasteiger partial charge is 0.165 e. The van der Waals surface area contributed by atoms with Crippen LogP contribution < -0.4 is 10.1 Å². The highest BCUT2D eigenvalue weighted by molar-refractivity contribution is 6.30. The van der Waals surface area contributed by atoms with Gasteiger partial charge in [-0.25, -0.2) is 0 Å². The number of hydrogen-bond donors (Lipinski definition) is 1. The molecular weight excluding hydrogens is 262 g/mol. The molecule has 1 aromatic heterocycles. The Morgan fingerprint density at radius 3 is 2.89 bits per heavy atom. The molecule has 2 rings (SSSR count). The number of benzene rings is 1. The lowest BCUT2D eigenvalue weighted by Gasteiger charge is -2.10. The predicted octanol–water partition coefficient (Wildman–Crippen LogP) is 3.46. The van der Waals surface area contributed by atoms with Gasteiger partial charge in [-0.3, -0.25) is 4.68 Å². The molecule has 0 atom stereocenters. The Kier molecular flexibility index (Phi) is 4.82. The monoisotopic (exact) mass is 279 g/mol. The van der Waals surface area contributed by atoms with Crippen LogP contribution in [-0.2, 0) is 13.1 Å². The summed E-state index contributed by atoms with van der Waals surface area (Å²) in [5, 5.41) is 8.18. The fourth-order valence-corrected chi connectivity index (χ4v) is 1.94. The zero-order valence-electron chi connectivity index (χ0n) is 11.2.